The van der Waals surface area contributed by atoms with Gasteiger partial charge in [0, 0.05) is 32.1 Å². The van der Waals surface area contributed by atoms with Crippen LogP contribution in [0.15, 0.2) is 30.3 Å². The lowest BCUT2D eigenvalue weighted by atomic mass is 10.1. The number of aryl methyl sites for hydroxylation is 1. The lowest BCUT2D eigenvalue weighted by molar-refractivity contribution is -0.133. The topological polar surface area (TPSA) is 32.3 Å². The predicted molar refractivity (Wildman–Crippen MR) is 76.1 cm³/mol. The van der Waals surface area contributed by atoms with E-state index >= 15 is 0 Å². The number of piperazine rings is 1. The zero-order chi connectivity index (χ0) is 12.1. The quantitative estimate of drug-likeness (QED) is 0.908. The zero-order valence-electron chi connectivity index (χ0n) is 10.8. The third-order valence-electron chi connectivity index (χ3n) is 3.29. The highest BCUT2D eigenvalue weighted by atomic mass is 35.5. The first-order valence-electron chi connectivity index (χ1n) is 6.31. The van der Waals surface area contributed by atoms with Gasteiger partial charge in [0.1, 0.15) is 0 Å². The van der Waals surface area contributed by atoms with Gasteiger partial charge in [0.2, 0.25) is 5.91 Å². The molecular weight excluding hydrogens is 248 g/mol. The number of carbonyl (C=O) groups is 1. The van der Waals surface area contributed by atoms with Gasteiger partial charge in [0.15, 0.2) is 0 Å². The zero-order valence-corrected chi connectivity index (χ0v) is 11.6. The third kappa shape index (κ3) is 4.00. The van der Waals surface area contributed by atoms with Crippen LogP contribution in [0.1, 0.15) is 18.9 Å². The molecule has 18 heavy (non-hydrogen) atoms. The second kappa shape index (κ2) is 7.39. The summed E-state index contributed by atoms with van der Waals surface area (Å²) in [6, 6.07) is 10.5. The van der Waals surface area contributed by atoms with Crippen molar-refractivity contribution in [2.24, 2.45) is 0 Å². The molecule has 2 rings (SSSR count). The minimum Gasteiger partial charge on any atom is -0.337 e. The predicted octanol–water partition coefficient (Wildman–Crippen LogP) is 1.86. The fraction of sp³-hybridized carbons (Fsp3) is 0.500. The van der Waals surface area contributed by atoms with E-state index in [1.165, 1.54) is 5.56 Å². The van der Waals surface area contributed by atoms with E-state index in [-0.39, 0.29) is 18.3 Å². The molecule has 1 unspecified atom stereocenters. The Morgan fingerprint density at radius 2 is 2.11 bits per heavy atom. The van der Waals surface area contributed by atoms with Crippen molar-refractivity contribution in [2.75, 3.05) is 19.6 Å². The second-order valence-corrected chi connectivity index (χ2v) is 4.63. The first kappa shape index (κ1) is 15.0. The lowest BCUT2D eigenvalue weighted by Gasteiger charge is -2.34. The molecule has 0 aromatic heterocycles. The number of halogens is 1. The Morgan fingerprint density at radius 3 is 2.78 bits per heavy atom. The van der Waals surface area contributed by atoms with Gasteiger partial charge in [-0.15, -0.1) is 12.4 Å². The number of carbonyl (C=O) groups excluding carboxylic acids is 1. The van der Waals surface area contributed by atoms with E-state index in [1.54, 1.807) is 0 Å². The standard InChI is InChI=1S/C14H20N2O.ClH/c1-12-11-15-9-10-16(12)14(17)8-7-13-5-3-2-4-6-13;/h2-6,12,15H,7-11H2,1H3;1H. The number of hydrogen-bond acceptors (Lipinski definition) is 2. The normalized spacial score (nSPS) is 19.2. The highest BCUT2D eigenvalue weighted by Gasteiger charge is 2.22. The van der Waals surface area contributed by atoms with Gasteiger partial charge in [0.05, 0.1) is 0 Å². The lowest BCUT2D eigenvalue weighted by Crippen LogP contribution is -2.52. The summed E-state index contributed by atoms with van der Waals surface area (Å²) in [4.78, 5) is 14.1. The first-order valence-corrected chi connectivity index (χ1v) is 6.31. The van der Waals surface area contributed by atoms with Crippen LogP contribution in [0.5, 0.6) is 0 Å². The summed E-state index contributed by atoms with van der Waals surface area (Å²) < 4.78 is 0. The van der Waals surface area contributed by atoms with Gasteiger partial charge in [-0.1, -0.05) is 30.3 Å². The highest BCUT2D eigenvalue weighted by molar-refractivity contribution is 5.85. The molecule has 0 aliphatic carbocycles. The van der Waals surface area contributed by atoms with Gasteiger partial charge >= 0.3 is 0 Å². The highest BCUT2D eigenvalue weighted by Crippen LogP contribution is 2.08. The monoisotopic (exact) mass is 268 g/mol. The number of rotatable bonds is 3. The smallest absolute Gasteiger partial charge is 0.223 e. The molecule has 1 aliphatic heterocycles. The molecule has 1 fully saturated rings. The van der Waals surface area contributed by atoms with Crippen LogP contribution in [0.2, 0.25) is 0 Å². The molecule has 0 radical (unpaired) electrons. The molecule has 100 valence electrons. The first-order chi connectivity index (χ1) is 8.27. The van der Waals surface area contributed by atoms with Gasteiger partial charge in [-0.05, 0) is 18.9 Å². The van der Waals surface area contributed by atoms with Gasteiger partial charge in [-0.2, -0.15) is 0 Å². The maximum Gasteiger partial charge on any atom is 0.223 e. The Kier molecular flexibility index (Phi) is 6.16. The van der Waals surface area contributed by atoms with Crippen LogP contribution in [-0.4, -0.2) is 36.5 Å². The molecule has 1 saturated heterocycles. The van der Waals surface area contributed by atoms with E-state index in [1.807, 2.05) is 23.1 Å². The van der Waals surface area contributed by atoms with Crippen molar-refractivity contribution in [1.82, 2.24) is 10.2 Å². The van der Waals surface area contributed by atoms with Gasteiger partial charge in [0.25, 0.3) is 0 Å². The Hall–Kier alpha value is -1.06. The number of hydrogen-bond donors (Lipinski definition) is 1. The van der Waals surface area contributed by atoms with Crippen molar-refractivity contribution in [2.45, 2.75) is 25.8 Å². The maximum absolute atomic E-state index is 12.1. The average Bonchev–Trinajstić information content (AvgIpc) is 2.38. The number of nitrogens with one attached hydrogen (secondary N) is 1. The van der Waals surface area contributed by atoms with Crippen molar-refractivity contribution in [1.29, 1.82) is 0 Å². The van der Waals surface area contributed by atoms with E-state index in [9.17, 15) is 4.79 Å². The minimum atomic E-state index is 0. The van der Waals surface area contributed by atoms with Crippen molar-refractivity contribution >= 4 is 18.3 Å². The van der Waals surface area contributed by atoms with Gasteiger partial charge in [-0.3, -0.25) is 4.79 Å². The molecule has 1 N–H and O–H groups in total. The number of nitrogens with zero attached hydrogens (tertiary/aromatic N) is 1. The summed E-state index contributed by atoms with van der Waals surface area (Å²) in [6.45, 7) is 4.78. The average molecular weight is 269 g/mol. The van der Waals surface area contributed by atoms with Crippen LogP contribution in [0, 0.1) is 0 Å². The van der Waals surface area contributed by atoms with Crippen LogP contribution in [-0.2, 0) is 11.2 Å². The summed E-state index contributed by atoms with van der Waals surface area (Å²) in [5, 5.41) is 3.30. The summed E-state index contributed by atoms with van der Waals surface area (Å²) >= 11 is 0. The van der Waals surface area contributed by atoms with E-state index in [0.717, 1.165) is 26.1 Å². The maximum atomic E-state index is 12.1. The Morgan fingerprint density at radius 1 is 1.39 bits per heavy atom. The molecular formula is C14H21ClN2O. The minimum absolute atomic E-state index is 0. The van der Waals surface area contributed by atoms with Crippen molar-refractivity contribution in [3.8, 4) is 0 Å². The number of amides is 1. The van der Waals surface area contributed by atoms with Crippen molar-refractivity contribution in [3.05, 3.63) is 35.9 Å². The van der Waals surface area contributed by atoms with Crippen LogP contribution in [0.4, 0.5) is 0 Å². The summed E-state index contributed by atoms with van der Waals surface area (Å²) in [5.41, 5.74) is 1.24. The van der Waals surface area contributed by atoms with Crippen molar-refractivity contribution < 1.29 is 4.79 Å². The molecule has 0 saturated carbocycles. The SMILES string of the molecule is CC1CNCCN1C(=O)CCc1ccccc1.Cl. The second-order valence-electron chi connectivity index (χ2n) is 4.63. The summed E-state index contributed by atoms with van der Waals surface area (Å²) in [6.07, 6.45) is 1.46. The molecule has 1 aliphatic rings. The molecule has 1 heterocycles. The van der Waals surface area contributed by atoms with E-state index in [4.69, 9.17) is 0 Å². The molecule has 4 heteroatoms. The molecule has 3 nitrogen and oxygen atoms in total. The Bertz CT molecular complexity index is 369. The van der Waals surface area contributed by atoms with Gasteiger partial charge in [-0.25, -0.2) is 0 Å². The molecule has 1 amide bonds. The summed E-state index contributed by atoms with van der Waals surface area (Å²) in [5.74, 6) is 0.280. The Balaban J connectivity index is 0.00000162. The molecule has 1 aromatic carbocycles. The van der Waals surface area contributed by atoms with E-state index < -0.39 is 0 Å². The van der Waals surface area contributed by atoms with Crippen LogP contribution >= 0.6 is 12.4 Å². The molecule has 1 atom stereocenters. The summed E-state index contributed by atoms with van der Waals surface area (Å²) in [7, 11) is 0. The molecule has 0 bridgehead atoms. The fourth-order valence-corrected chi connectivity index (χ4v) is 2.25. The molecule has 0 spiro atoms. The van der Waals surface area contributed by atoms with E-state index in [0.29, 0.717) is 12.5 Å². The number of benzene rings is 1. The Labute approximate surface area is 115 Å². The third-order valence-corrected chi connectivity index (χ3v) is 3.29. The van der Waals surface area contributed by atoms with Gasteiger partial charge < -0.3 is 10.2 Å². The fourth-order valence-electron chi connectivity index (χ4n) is 2.25. The van der Waals surface area contributed by atoms with Crippen LogP contribution < -0.4 is 5.32 Å². The van der Waals surface area contributed by atoms with E-state index in [2.05, 4.69) is 24.4 Å². The largest absolute Gasteiger partial charge is 0.337 e. The van der Waals surface area contributed by atoms with Crippen LogP contribution in [0.3, 0.4) is 0 Å². The van der Waals surface area contributed by atoms with Crippen molar-refractivity contribution in [3.63, 3.8) is 0 Å². The van der Waals surface area contributed by atoms with Crippen LogP contribution in [0.25, 0.3) is 0 Å². The molecule has 1 aromatic rings.